The second kappa shape index (κ2) is 5.24. The van der Waals surface area contributed by atoms with Crippen molar-refractivity contribution in [3.8, 4) is 0 Å². The third-order valence-electron chi connectivity index (χ3n) is 3.30. The second-order valence-corrected chi connectivity index (χ2v) is 4.59. The Hall–Kier alpha value is -2.29. The number of hydrogen-bond acceptors (Lipinski definition) is 5. The van der Waals surface area contributed by atoms with Crippen LogP contribution in [-0.4, -0.2) is 37.4 Å². The number of alkyl halides is 2. The van der Waals surface area contributed by atoms with Crippen LogP contribution < -0.4 is 0 Å². The Kier molecular flexibility index (Phi) is 3.42. The molecule has 0 fully saturated rings. The molecule has 2 aromatic heterocycles. The average Bonchev–Trinajstić information content (AvgIpc) is 3.11. The summed E-state index contributed by atoms with van der Waals surface area (Å²) < 4.78 is 30.8. The Labute approximate surface area is 117 Å². The molecule has 2 aromatic rings. The lowest BCUT2D eigenvalue weighted by atomic mass is 10.1. The van der Waals surface area contributed by atoms with Crippen molar-refractivity contribution < 1.29 is 23.1 Å². The molecular formula is C12H12F2N4O3. The van der Waals surface area contributed by atoms with Crippen molar-refractivity contribution in [2.75, 3.05) is 6.54 Å². The molecule has 9 heteroatoms. The molecule has 1 aliphatic heterocycles. The van der Waals surface area contributed by atoms with Gasteiger partial charge < -0.3 is 19.4 Å². The fraction of sp³-hybridized carbons (Fsp3) is 0.417. The first-order chi connectivity index (χ1) is 10.1. The highest BCUT2D eigenvalue weighted by Gasteiger charge is 2.31. The van der Waals surface area contributed by atoms with Gasteiger partial charge in [0.15, 0.2) is 5.69 Å². The monoisotopic (exact) mass is 298 g/mol. The maximum atomic E-state index is 12.9. The quantitative estimate of drug-likeness (QED) is 0.882. The molecule has 1 aliphatic rings. The number of aliphatic hydroxyl groups is 1. The lowest BCUT2D eigenvalue weighted by Gasteiger charge is -2.25. The number of amides is 1. The summed E-state index contributed by atoms with van der Waals surface area (Å²) in [5.74, 6) is -1.48. The van der Waals surface area contributed by atoms with E-state index in [-0.39, 0.29) is 12.4 Å². The number of imidazole rings is 1. The normalized spacial score (nSPS) is 14.6. The van der Waals surface area contributed by atoms with E-state index < -0.39 is 30.4 Å². The fourth-order valence-corrected chi connectivity index (χ4v) is 2.28. The summed E-state index contributed by atoms with van der Waals surface area (Å²) in [7, 11) is 0. The first-order valence-electron chi connectivity index (χ1n) is 6.29. The highest BCUT2D eigenvalue weighted by atomic mass is 19.3. The number of rotatable bonds is 3. The lowest BCUT2D eigenvalue weighted by molar-refractivity contribution is 0.0679. The van der Waals surface area contributed by atoms with E-state index in [1.54, 1.807) is 0 Å². The van der Waals surface area contributed by atoms with Crippen LogP contribution in [0.3, 0.4) is 0 Å². The summed E-state index contributed by atoms with van der Waals surface area (Å²) in [5, 5.41) is 8.91. The number of H-pyrrole nitrogens is 1. The summed E-state index contributed by atoms with van der Waals surface area (Å²) >= 11 is 0. The van der Waals surface area contributed by atoms with Crippen LogP contribution in [0.1, 0.15) is 40.0 Å². The molecule has 3 heterocycles. The number of aliphatic hydroxyl groups excluding tert-OH is 1. The summed E-state index contributed by atoms with van der Waals surface area (Å²) in [4.78, 5) is 24.2. The highest BCUT2D eigenvalue weighted by Crippen LogP contribution is 2.26. The molecule has 3 rings (SSSR count). The van der Waals surface area contributed by atoms with Gasteiger partial charge in [-0.2, -0.15) is 0 Å². The molecule has 7 nitrogen and oxygen atoms in total. The van der Waals surface area contributed by atoms with Crippen molar-refractivity contribution in [1.82, 2.24) is 19.9 Å². The second-order valence-electron chi connectivity index (χ2n) is 4.59. The molecule has 0 atom stereocenters. The molecular weight excluding hydrogens is 286 g/mol. The van der Waals surface area contributed by atoms with Crippen LogP contribution in [-0.2, 0) is 19.6 Å². The topological polar surface area (TPSA) is 95.2 Å². The Morgan fingerprint density at radius 2 is 2.38 bits per heavy atom. The van der Waals surface area contributed by atoms with Crippen LogP contribution in [0.4, 0.5) is 8.78 Å². The summed E-state index contributed by atoms with van der Waals surface area (Å²) in [6.45, 7) is -0.0434. The SMILES string of the molecule is O=C(c1oc(CO)nc1C(F)F)N1CCc2nc[nH]c2C1. The number of carbonyl (C=O) groups is 1. The van der Waals surface area contributed by atoms with Gasteiger partial charge in [0.05, 0.1) is 24.3 Å². The Morgan fingerprint density at radius 1 is 1.57 bits per heavy atom. The van der Waals surface area contributed by atoms with Gasteiger partial charge in [0.2, 0.25) is 11.7 Å². The van der Waals surface area contributed by atoms with E-state index in [1.165, 1.54) is 11.2 Å². The molecule has 2 N–H and O–H groups in total. The maximum absolute atomic E-state index is 12.9. The Balaban J connectivity index is 1.87. The van der Waals surface area contributed by atoms with Gasteiger partial charge in [-0.15, -0.1) is 0 Å². The van der Waals surface area contributed by atoms with E-state index in [4.69, 9.17) is 9.52 Å². The smallest absolute Gasteiger partial charge is 0.292 e. The van der Waals surface area contributed by atoms with Crippen molar-refractivity contribution in [3.63, 3.8) is 0 Å². The molecule has 0 spiro atoms. The number of fused-ring (bicyclic) bond motifs is 1. The van der Waals surface area contributed by atoms with Crippen LogP contribution in [0.5, 0.6) is 0 Å². The zero-order chi connectivity index (χ0) is 15.0. The van der Waals surface area contributed by atoms with Crippen molar-refractivity contribution in [2.24, 2.45) is 0 Å². The minimum Gasteiger partial charge on any atom is -0.432 e. The van der Waals surface area contributed by atoms with Gasteiger partial charge >= 0.3 is 0 Å². The third kappa shape index (κ3) is 2.40. The van der Waals surface area contributed by atoms with Crippen molar-refractivity contribution in [2.45, 2.75) is 26.0 Å². The predicted molar refractivity (Wildman–Crippen MR) is 64.4 cm³/mol. The third-order valence-corrected chi connectivity index (χ3v) is 3.30. The molecule has 0 saturated heterocycles. The van der Waals surface area contributed by atoms with Crippen molar-refractivity contribution in [3.05, 3.63) is 35.1 Å². The van der Waals surface area contributed by atoms with Gasteiger partial charge in [-0.1, -0.05) is 0 Å². The largest absolute Gasteiger partial charge is 0.432 e. The van der Waals surface area contributed by atoms with Crippen molar-refractivity contribution in [1.29, 1.82) is 0 Å². The van der Waals surface area contributed by atoms with Crippen LogP contribution in [0.2, 0.25) is 0 Å². The van der Waals surface area contributed by atoms with E-state index in [1.807, 2.05) is 0 Å². The molecule has 0 bridgehead atoms. The zero-order valence-electron chi connectivity index (χ0n) is 10.8. The van der Waals surface area contributed by atoms with Crippen LogP contribution >= 0.6 is 0 Å². The molecule has 112 valence electrons. The summed E-state index contributed by atoms with van der Waals surface area (Å²) in [5.41, 5.74) is 0.899. The van der Waals surface area contributed by atoms with E-state index in [2.05, 4.69) is 15.0 Å². The predicted octanol–water partition coefficient (Wildman–Crippen LogP) is 1.03. The summed E-state index contributed by atoms with van der Waals surface area (Å²) in [6, 6.07) is 0. The Bertz CT molecular complexity index is 667. The number of hydrogen-bond donors (Lipinski definition) is 2. The molecule has 0 aromatic carbocycles. The van der Waals surface area contributed by atoms with Gasteiger partial charge in [-0.3, -0.25) is 4.79 Å². The van der Waals surface area contributed by atoms with E-state index in [0.29, 0.717) is 13.0 Å². The number of nitrogens with zero attached hydrogens (tertiary/aromatic N) is 3. The van der Waals surface area contributed by atoms with Crippen LogP contribution in [0, 0.1) is 0 Å². The van der Waals surface area contributed by atoms with Crippen LogP contribution in [0.25, 0.3) is 0 Å². The van der Waals surface area contributed by atoms with E-state index >= 15 is 0 Å². The molecule has 0 radical (unpaired) electrons. The number of nitrogens with one attached hydrogen (secondary N) is 1. The van der Waals surface area contributed by atoms with Gasteiger partial charge in [0.25, 0.3) is 12.3 Å². The average molecular weight is 298 g/mol. The minimum atomic E-state index is -2.94. The Morgan fingerprint density at radius 3 is 3.10 bits per heavy atom. The molecule has 1 amide bonds. The number of halogens is 2. The highest BCUT2D eigenvalue weighted by molar-refractivity contribution is 5.92. The molecule has 21 heavy (non-hydrogen) atoms. The number of oxazole rings is 1. The van der Waals surface area contributed by atoms with E-state index in [0.717, 1.165) is 11.4 Å². The van der Waals surface area contributed by atoms with E-state index in [9.17, 15) is 13.6 Å². The fourth-order valence-electron chi connectivity index (χ4n) is 2.28. The molecule has 0 saturated carbocycles. The maximum Gasteiger partial charge on any atom is 0.292 e. The van der Waals surface area contributed by atoms with Gasteiger partial charge in [0.1, 0.15) is 6.61 Å². The first-order valence-corrected chi connectivity index (χ1v) is 6.29. The van der Waals surface area contributed by atoms with Crippen molar-refractivity contribution >= 4 is 5.91 Å². The van der Waals surface area contributed by atoms with Crippen LogP contribution in [0.15, 0.2) is 10.7 Å². The van der Waals surface area contributed by atoms with Gasteiger partial charge in [-0.05, 0) is 0 Å². The van der Waals surface area contributed by atoms with Gasteiger partial charge in [-0.25, -0.2) is 18.7 Å². The zero-order valence-corrected chi connectivity index (χ0v) is 10.8. The number of aromatic nitrogens is 3. The molecule has 0 aliphatic carbocycles. The standard InChI is InChI=1S/C12H12F2N4O3/c13-11(14)9-10(21-8(4-19)17-9)12(20)18-2-1-6-7(3-18)16-5-15-6/h5,11,19H,1-4H2,(H,15,16). The molecule has 0 unspecified atom stereocenters. The minimum absolute atomic E-state index is 0.242. The number of aromatic amines is 1. The first kappa shape index (κ1) is 13.7. The van der Waals surface area contributed by atoms with Gasteiger partial charge in [0, 0.05) is 13.0 Å². The number of carbonyl (C=O) groups excluding carboxylic acids is 1. The lowest BCUT2D eigenvalue weighted by Crippen LogP contribution is -2.36. The summed E-state index contributed by atoms with van der Waals surface area (Å²) in [6.07, 6.45) is -0.877.